The van der Waals surface area contributed by atoms with Crippen LogP contribution in [-0.4, -0.2) is 26.9 Å². The van der Waals surface area contributed by atoms with Crippen LogP contribution >= 0.6 is 24.0 Å². The lowest BCUT2D eigenvalue weighted by atomic mass is 10.1. The third-order valence-corrected chi connectivity index (χ3v) is 4.69. The highest BCUT2D eigenvalue weighted by Crippen LogP contribution is 2.37. The zero-order valence-corrected chi connectivity index (χ0v) is 19.2. The number of halogens is 2. The van der Waals surface area contributed by atoms with Gasteiger partial charge in [0.15, 0.2) is 11.5 Å². The lowest BCUT2D eigenvalue weighted by Gasteiger charge is -2.15. The third-order valence-electron chi connectivity index (χ3n) is 4.41. The molecule has 0 amide bonds. The highest BCUT2D eigenvalue weighted by Gasteiger charge is 2.12. The number of hydrogen-bond acceptors (Lipinski definition) is 4. The maximum absolute atomic E-state index is 6.46. The minimum Gasteiger partial charge on any atom is -0.493 e. The van der Waals surface area contributed by atoms with E-state index in [9.17, 15) is 0 Å². The summed E-state index contributed by atoms with van der Waals surface area (Å²) in [6, 6.07) is 12.2. The van der Waals surface area contributed by atoms with Crippen LogP contribution in [0.4, 0.5) is 0 Å². The number of benzene rings is 2. The van der Waals surface area contributed by atoms with Gasteiger partial charge < -0.3 is 19.5 Å². The maximum atomic E-state index is 6.46. The molecule has 0 spiro atoms. The molecule has 0 unspecified atom stereocenters. The summed E-state index contributed by atoms with van der Waals surface area (Å²) >= 11 is 6.46. The van der Waals surface area contributed by atoms with Gasteiger partial charge in [-0.3, -0.25) is 0 Å². The van der Waals surface area contributed by atoms with Crippen LogP contribution in [-0.2, 0) is 17.9 Å². The van der Waals surface area contributed by atoms with Gasteiger partial charge in [0.05, 0.1) is 12.1 Å². The molecular weight excluding hydrogens is 409 g/mol. The summed E-state index contributed by atoms with van der Waals surface area (Å²) in [7, 11) is 1.63. The van der Waals surface area contributed by atoms with Crippen LogP contribution in [0.25, 0.3) is 0 Å². The van der Waals surface area contributed by atoms with E-state index in [1.54, 1.807) is 7.11 Å². The highest BCUT2D eigenvalue weighted by molar-refractivity contribution is 6.32. The minimum atomic E-state index is 0. The Labute approximate surface area is 186 Å². The van der Waals surface area contributed by atoms with Crippen molar-refractivity contribution in [2.45, 2.75) is 46.3 Å². The summed E-state index contributed by atoms with van der Waals surface area (Å²) in [6.45, 7) is 7.96. The van der Waals surface area contributed by atoms with Crippen molar-refractivity contribution >= 4 is 24.0 Å². The van der Waals surface area contributed by atoms with E-state index in [4.69, 9.17) is 25.8 Å². The Kier molecular flexibility index (Phi) is 12.8. The summed E-state index contributed by atoms with van der Waals surface area (Å²) in [5.41, 5.74) is 3.38. The maximum Gasteiger partial charge on any atom is 0.180 e. The van der Waals surface area contributed by atoms with E-state index >= 15 is 0 Å². The van der Waals surface area contributed by atoms with E-state index in [-0.39, 0.29) is 12.4 Å². The second-order valence-electron chi connectivity index (χ2n) is 6.88. The smallest absolute Gasteiger partial charge is 0.180 e. The molecule has 29 heavy (non-hydrogen) atoms. The fourth-order valence-electron chi connectivity index (χ4n) is 2.74. The molecule has 162 valence electrons. The van der Waals surface area contributed by atoms with E-state index in [1.807, 2.05) is 12.1 Å². The van der Waals surface area contributed by atoms with Crippen molar-refractivity contribution in [3.8, 4) is 11.5 Å². The highest BCUT2D eigenvalue weighted by atomic mass is 35.5. The molecule has 6 heteroatoms. The van der Waals surface area contributed by atoms with Crippen molar-refractivity contribution in [2.24, 2.45) is 0 Å². The predicted molar refractivity (Wildman–Crippen MR) is 123 cm³/mol. The number of aryl methyl sites for hydroxylation is 1. The van der Waals surface area contributed by atoms with Crippen LogP contribution in [0.5, 0.6) is 11.5 Å². The molecule has 0 fully saturated rings. The zero-order valence-electron chi connectivity index (χ0n) is 17.6. The second kappa shape index (κ2) is 14.5. The molecule has 0 aromatic heterocycles. The molecule has 0 aliphatic carbocycles. The molecule has 0 aliphatic rings. The van der Waals surface area contributed by atoms with Gasteiger partial charge in [-0.05, 0) is 49.6 Å². The van der Waals surface area contributed by atoms with Gasteiger partial charge in [-0.15, -0.1) is 12.4 Å². The average molecular weight is 442 g/mol. The van der Waals surface area contributed by atoms with Crippen LogP contribution in [0.15, 0.2) is 36.4 Å². The minimum absolute atomic E-state index is 0. The number of ether oxygens (including phenoxy) is 3. The largest absolute Gasteiger partial charge is 0.493 e. The zero-order chi connectivity index (χ0) is 20.2. The molecule has 0 saturated carbocycles. The van der Waals surface area contributed by atoms with Crippen LogP contribution < -0.4 is 14.8 Å². The monoisotopic (exact) mass is 441 g/mol. The van der Waals surface area contributed by atoms with Gasteiger partial charge in [-0.2, -0.15) is 0 Å². The van der Waals surface area contributed by atoms with Crippen LogP contribution in [0.3, 0.4) is 0 Å². The van der Waals surface area contributed by atoms with E-state index in [1.165, 1.54) is 12.0 Å². The first-order valence-electron chi connectivity index (χ1n) is 9.97. The van der Waals surface area contributed by atoms with Crippen LogP contribution in [0.2, 0.25) is 5.02 Å². The lowest BCUT2D eigenvalue weighted by Crippen LogP contribution is -2.16. The average Bonchev–Trinajstić information content (AvgIpc) is 2.70. The summed E-state index contributed by atoms with van der Waals surface area (Å²) in [5, 5.41) is 3.98. The van der Waals surface area contributed by atoms with E-state index in [0.29, 0.717) is 23.1 Å². The number of nitrogens with one attached hydrogen (secondary N) is 1. The van der Waals surface area contributed by atoms with Crippen molar-refractivity contribution in [2.75, 3.05) is 26.9 Å². The molecule has 0 radical (unpaired) electrons. The third kappa shape index (κ3) is 9.26. The first kappa shape index (κ1) is 25.6. The molecule has 4 nitrogen and oxygen atoms in total. The van der Waals surface area contributed by atoms with Crippen molar-refractivity contribution < 1.29 is 14.2 Å². The Hall–Kier alpha value is -1.46. The molecule has 0 aliphatic heterocycles. The van der Waals surface area contributed by atoms with Gasteiger partial charge in [0.25, 0.3) is 0 Å². The Morgan fingerprint density at radius 2 is 1.72 bits per heavy atom. The van der Waals surface area contributed by atoms with Gasteiger partial charge in [-0.25, -0.2) is 0 Å². The fourth-order valence-corrected chi connectivity index (χ4v) is 3.02. The molecule has 1 N–H and O–H groups in total. The molecule has 0 saturated heterocycles. The molecule has 0 atom stereocenters. The predicted octanol–water partition coefficient (Wildman–Crippen LogP) is 5.95. The first-order chi connectivity index (χ1) is 13.6. The van der Waals surface area contributed by atoms with Gasteiger partial charge in [-0.1, -0.05) is 54.8 Å². The quantitative estimate of drug-likeness (QED) is 0.389. The Balaban J connectivity index is 0.00000420. The van der Waals surface area contributed by atoms with Gasteiger partial charge in [0.2, 0.25) is 0 Å². The van der Waals surface area contributed by atoms with Gasteiger partial charge in [0.1, 0.15) is 6.61 Å². The molecular formula is C23H33Cl2NO3. The van der Waals surface area contributed by atoms with Crippen LogP contribution in [0.1, 0.15) is 42.9 Å². The second-order valence-corrected chi connectivity index (χ2v) is 7.29. The van der Waals surface area contributed by atoms with E-state index in [2.05, 4.69) is 43.4 Å². The van der Waals surface area contributed by atoms with Gasteiger partial charge in [0, 0.05) is 19.8 Å². The summed E-state index contributed by atoms with van der Waals surface area (Å²) in [5.74, 6) is 1.23. The van der Waals surface area contributed by atoms with Crippen LogP contribution in [0, 0.1) is 6.92 Å². The Bertz CT molecular complexity index is 708. The molecule has 2 aromatic carbocycles. The topological polar surface area (TPSA) is 39.7 Å². The SMILES string of the molecule is CCCCOCCCNCc1cc(Cl)c(OCc2ccc(C)cc2)c(OC)c1.Cl. The molecule has 0 heterocycles. The summed E-state index contributed by atoms with van der Waals surface area (Å²) in [4.78, 5) is 0. The standard InChI is InChI=1S/C23H32ClNO3.ClH/c1-4-5-12-27-13-6-11-25-16-20-14-21(24)23(22(15-20)26-3)28-17-19-9-7-18(2)8-10-19;/h7-10,14-15,25H,4-6,11-13,16-17H2,1-3H3;1H. The fraction of sp³-hybridized carbons (Fsp3) is 0.478. The van der Waals surface area contributed by atoms with Crippen molar-refractivity contribution in [3.05, 3.63) is 58.1 Å². The van der Waals surface area contributed by atoms with E-state index < -0.39 is 0 Å². The number of hydrogen-bond donors (Lipinski definition) is 1. The Morgan fingerprint density at radius 1 is 1.00 bits per heavy atom. The number of unbranched alkanes of at least 4 members (excludes halogenated alkanes) is 1. The molecule has 0 bridgehead atoms. The molecule has 2 rings (SSSR count). The lowest BCUT2D eigenvalue weighted by molar-refractivity contribution is 0.129. The van der Waals surface area contributed by atoms with Crippen molar-refractivity contribution in [3.63, 3.8) is 0 Å². The van der Waals surface area contributed by atoms with Crippen molar-refractivity contribution in [1.82, 2.24) is 5.32 Å². The first-order valence-corrected chi connectivity index (χ1v) is 10.3. The Morgan fingerprint density at radius 3 is 2.41 bits per heavy atom. The van der Waals surface area contributed by atoms with Crippen molar-refractivity contribution in [1.29, 1.82) is 0 Å². The molecule has 2 aromatic rings. The van der Waals surface area contributed by atoms with E-state index in [0.717, 1.165) is 50.3 Å². The normalized spacial score (nSPS) is 10.5. The summed E-state index contributed by atoms with van der Waals surface area (Å²) < 4.78 is 17.0. The summed E-state index contributed by atoms with van der Waals surface area (Å²) in [6.07, 6.45) is 3.29. The number of methoxy groups -OCH3 is 1. The number of rotatable bonds is 13. The van der Waals surface area contributed by atoms with Gasteiger partial charge >= 0.3 is 0 Å².